The Hall–Kier alpha value is -0.960. The van der Waals surface area contributed by atoms with E-state index in [1.54, 1.807) is 0 Å². The van der Waals surface area contributed by atoms with Crippen LogP contribution in [0.25, 0.3) is 0 Å². The van der Waals surface area contributed by atoms with Crippen molar-refractivity contribution in [2.24, 2.45) is 0 Å². The highest BCUT2D eigenvalue weighted by Crippen LogP contribution is 2.39. The molecule has 2 aliphatic rings. The van der Waals surface area contributed by atoms with E-state index in [0.29, 0.717) is 5.92 Å². The Bertz CT molecular complexity index is 379. The number of nitrogens with one attached hydrogen (secondary N) is 1. The molecule has 1 aliphatic heterocycles. The summed E-state index contributed by atoms with van der Waals surface area (Å²) in [4.78, 5) is 9.41. The summed E-state index contributed by atoms with van der Waals surface area (Å²) in [6.45, 7) is 4.32. The van der Waals surface area contributed by atoms with Gasteiger partial charge in [-0.05, 0) is 51.8 Å². The third kappa shape index (κ3) is 2.09. The van der Waals surface area contributed by atoms with Crippen LogP contribution in [0.1, 0.15) is 54.7 Å². The summed E-state index contributed by atoms with van der Waals surface area (Å²) in [6, 6.07) is 2.17. The van der Waals surface area contributed by atoms with Crippen LogP contribution in [0.5, 0.6) is 0 Å². The number of rotatable bonds is 2. The number of aryl methyl sites for hydroxylation is 1. The molecule has 86 valence electrons. The van der Waals surface area contributed by atoms with Crippen molar-refractivity contribution in [2.45, 2.75) is 44.4 Å². The molecule has 0 unspecified atom stereocenters. The fourth-order valence-corrected chi connectivity index (χ4v) is 2.47. The third-order valence-corrected chi connectivity index (χ3v) is 3.59. The maximum atomic E-state index is 4.78. The molecule has 0 spiro atoms. The second-order valence-corrected chi connectivity index (χ2v) is 5.09. The molecule has 0 atom stereocenters. The fourth-order valence-electron chi connectivity index (χ4n) is 2.47. The highest BCUT2D eigenvalue weighted by molar-refractivity contribution is 5.19. The Labute approximate surface area is 96.7 Å². The minimum Gasteiger partial charge on any atom is -0.317 e. The van der Waals surface area contributed by atoms with Gasteiger partial charge in [0.05, 0.1) is 0 Å². The van der Waals surface area contributed by atoms with Crippen LogP contribution >= 0.6 is 0 Å². The van der Waals surface area contributed by atoms with Crippen molar-refractivity contribution >= 4 is 0 Å². The van der Waals surface area contributed by atoms with Gasteiger partial charge < -0.3 is 5.32 Å². The third-order valence-electron chi connectivity index (χ3n) is 3.59. The Balaban J connectivity index is 1.86. The van der Waals surface area contributed by atoms with E-state index >= 15 is 0 Å². The second kappa shape index (κ2) is 4.13. The van der Waals surface area contributed by atoms with E-state index < -0.39 is 0 Å². The minimum atomic E-state index is 0.582. The van der Waals surface area contributed by atoms with Crippen LogP contribution in [0.15, 0.2) is 6.07 Å². The molecular weight excluding hydrogens is 198 g/mol. The lowest BCUT2D eigenvalue weighted by Crippen LogP contribution is -2.27. The van der Waals surface area contributed by atoms with Gasteiger partial charge in [0.15, 0.2) is 0 Å². The molecule has 1 saturated carbocycles. The minimum absolute atomic E-state index is 0.582. The van der Waals surface area contributed by atoms with Crippen molar-refractivity contribution in [1.29, 1.82) is 0 Å². The molecule has 16 heavy (non-hydrogen) atoms. The molecule has 3 rings (SSSR count). The van der Waals surface area contributed by atoms with Crippen molar-refractivity contribution < 1.29 is 0 Å². The molecule has 0 amide bonds. The van der Waals surface area contributed by atoms with Crippen molar-refractivity contribution in [2.75, 3.05) is 13.1 Å². The van der Waals surface area contributed by atoms with E-state index in [9.17, 15) is 0 Å². The van der Waals surface area contributed by atoms with Gasteiger partial charge in [0.2, 0.25) is 0 Å². The molecule has 2 fully saturated rings. The van der Waals surface area contributed by atoms with E-state index in [1.807, 2.05) is 0 Å². The van der Waals surface area contributed by atoms with Crippen LogP contribution in [0.3, 0.4) is 0 Å². The Morgan fingerprint density at radius 3 is 2.50 bits per heavy atom. The van der Waals surface area contributed by atoms with Gasteiger partial charge in [-0.2, -0.15) is 0 Å². The first-order chi connectivity index (χ1) is 7.83. The highest BCUT2D eigenvalue weighted by Gasteiger charge is 2.27. The van der Waals surface area contributed by atoms with Gasteiger partial charge in [-0.15, -0.1) is 0 Å². The predicted molar refractivity (Wildman–Crippen MR) is 63.6 cm³/mol. The first-order valence-electron chi connectivity index (χ1n) is 6.39. The van der Waals surface area contributed by atoms with Crippen LogP contribution in [0, 0.1) is 6.92 Å². The largest absolute Gasteiger partial charge is 0.317 e. The SMILES string of the molecule is Cc1cc(C2CC2)nc(C2CCNCC2)n1. The molecule has 1 N–H and O–H groups in total. The maximum absolute atomic E-state index is 4.78. The van der Waals surface area contributed by atoms with Gasteiger partial charge in [0.25, 0.3) is 0 Å². The number of piperidine rings is 1. The monoisotopic (exact) mass is 217 g/mol. The summed E-state index contributed by atoms with van der Waals surface area (Å²) >= 11 is 0. The molecule has 1 saturated heterocycles. The fraction of sp³-hybridized carbons (Fsp3) is 0.692. The van der Waals surface area contributed by atoms with E-state index in [1.165, 1.54) is 31.4 Å². The second-order valence-electron chi connectivity index (χ2n) is 5.09. The molecule has 2 heterocycles. The van der Waals surface area contributed by atoms with Crippen LogP contribution in [-0.2, 0) is 0 Å². The van der Waals surface area contributed by atoms with Gasteiger partial charge in [-0.3, -0.25) is 0 Å². The molecule has 1 aromatic heterocycles. The topological polar surface area (TPSA) is 37.8 Å². The van der Waals surface area contributed by atoms with Crippen molar-refractivity contribution in [3.8, 4) is 0 Å². The summed E-state index contributed by atoms with van der Waals surface area (Å²) in [5, 5.41) is 3.39. The normalized spacial score (nSPS) is 22.3. The highest BCUT2D eigenvalue weighted by atomic mass is 14.9. The van der Waals surface area contributed by atoms with E-state index in [-0.39, 0.29) is 0 Å². The first kappa shape index (κ1) is 10.2. The average molecular weight is 217 g/mol. The summed E-state index contributed by atoms with van der Waals surface area (Å²) < 4.78 is 0. The molecule has 3 heteroatoms. The number of hydrogen-bond donors (Lipinski definition) is 1. The standard InChI is InChI=1S/C13H19N3/c1-9-8-12(10-2-3-10)16-13(15-9)11-4-6-14-7-5-11/h8,10-11,14H,2-7H2,1H3. The van der Waals surface area contributed by atoms with Crippen molar-refractivity contribution in [3.63, 3.8) is 0 Å². The molecule has 1 aromatic rings. The molecule has 3 nitrogen and oxygen atoms in total. The summed E-state index contributed by atoms with van der Waals surface area (Å²) in [5.41, 5.74) is 2.44. The first-order valence-corrected chi connectivity index (χ1v) is 6.39. The van der Waals surface area contributed by atoms with E-state index in [2.05, 4.69) is 23.3 Å². The van der Waals surface area contributed by atoms with Gasteiger partial charge in [0, 0.05) is 23.2 Å². The number of aromatic nitrogens is 2. The smallest absolute Gasteiger partial charge is 0.132 e. The molecular formula is C13H19N3. The zero-order chi connectivity index (χ0) is 11.0. The zero-order valence-corrected chi connectivity index (χ0v) is 9.87. The summed E-state index contributed by atoms with van der Waals surface area (Å²) in [7, 11) is 0. The molecule has 0 aromatic carbocycles. The summed E-state index contributed by atoms with van der Waals surface area (Å²) in [6.07, 6.45) is 5.02. The Morgan fingerprint density at radius 1 is 1.06 bits per heavy atom. The molecule has 0 radical (unpaired) electrons. The van der Waals surface area contributed by atoms with Crippen LogP contribution in [0.2, 0.25) is 0 Å². The van der Waals surface area contributed by atoms with Gasteiger partial charge in [-0.1, -0.05) is 0 Å². The Morgan fingerprint density at radius 2 is 1.81 bits per heavy atom. The summed E-state index contributed by atoms with van der Waals surface area (Å²) in [5.74, 6) is 2.42. The van der Waals surface area contributed by atoms with Gasteiger partial charge in [0.1, 0.15) is 5.82 Å². The van der Waals surface area contributed by atoms with Gasteiger partial charge in [-0.25, -0.2) is 9.97 Å². The van der Waals surface area contributed by atoms with Crippen LogP contribution in [0.4, 0.5) is 0 Å². The predicted octanol–water partition coefficient (Wildman–Crippen LogP) is 2.13. The van der Waals surface area contributed by atoms with Crippen molar-refractivity contribution in [1.82, 2.24) is 15.3 Å². The van der Waals surface area contributed by atoms with E-state index in [4.69, 9.17) is 4.98 Å². The lowest BCUT2D eigenvalue weighted by Gasteiger charge is -2.21. The van der Waals surface area contributed by atoms with E-state index in [0.717, 1.165) is 30.5 Å². The Kier molecular flexibility index (Phi) is 2.64. The quantitative estimate of drug-likeness (QED) is 0.824. The average Bonchev–Trinajstić information content (AvgIpc) is 3.13. The lowest BCUT2D eigenvalue weighted by atomic mass is 9.97. The number of hydrogen-bond acceptors (Lipinski definition) is 3. The molecule has 1 aliphatic carbocycles. The van der Waals surface area contributed by atoms with Crippen molar-refractivity contribution in [3.05, 3.63) is 23.3 Å². The number of nitrogens with zero attached hydrogens (tertiary/aromatic N) is 2. The van der Waals surface area contributed by atoms with Crippen LogP contribution in [-0.4, -0.2) is 23.1 Å². The van der Waals surface area contributed by atoms with Crippen LogP contribution < -0.4 is 5.32 Å². The van der Waals surface area contributed by atoms with Gasteiger partial charge >= 0.3 is 0 Å². The maximum Gasteiger partial charge on any atom is 0.132 e. The zero-order valence-electron chi connectivity index (χ0n) is 9.87. The molecule has 0 bridgehead atoms. The lowest BCUT2D eigenvalue weighted by molar-refractivity contribution is 0.443.